The van der Waals surface area contributed by atoms with Gasteiger partial charge in [0, 0.05) is 19.1 Å². The molecule has 0 aromatic heterocycles. The number of nitrogens with zero attached hydrogens (tertiary/aromatic N) is 2. The molecule has 0 spiro atoms. The average Bonchev–Trinajstić information content (AvgIpc) is 2.91. The lowest BCUT2D eigenvalue weighted by Crippen LogP contribution is -2.41. The maximum Gasteiger partial charge on any atom is 0.0669 e. The molecule has 1 heterocycles. The molecule has 1 saturated carbocycles. The third-order valence-corrected chi connectivity index (χ3v) is 4.60. The van der Waals surface area contributed by atoms with E-state index >= 15 is 0 Å². The summed E-state index contributed by atoms with van der Waals surface area (Å²) in [6.45, 7) is 3.21. The van der Waals surface area contributed by atoms with Crippen molar-refractivity contribution in [2.45, 2.75) is 57.1 Å². The minimum atomic E-state index is -0.101. The zero-order valence-electron chi connectivity index (χ0n) is 12.1. The Bertz CT molecular complexity index is 239. The van der Waals surface area contributed by atoms with Gasteiger partial charge in [-0.05, 0) is 45.8 Å². The Morgan fingerprint density at radius 2 is 1.89 bits per heavy atom. The number of aliphatic hydroxyl groups is 1. The van der Waals surface area contributed by atoms with E-state index in [4.69, 9.17) is 0 Å². The zero-order chi connectivity index (χ0) is 13.0. The highest BCUT2D eigenvalue weighted by Crippen LogP contribution is 2.29. The monoisotopic (exact) mass is 254 g/mol. The molecule has 3 heteroatoms. The van der Waals surface area contributed by atoms with Crippen LogP contribution in [0.4, 0.5) is 0 Å². The summed E-state index contributed by atoms with van der Waals surface area (Å²) in [5, 5.41) is 10.3. The van der Waals surface area contributed by atoms with Crippen LogP contribution in [0.15, 0.2) is 0 Å². The maximum atomic E-state index is 10.3. The first-order valence-electron chi connectivity index (χ1n) is 7.72. The highest BCUT2D eigenvalue weighted by molar-refractivity contribution is 4.83. The van der Waals surface area contributed by atoms with Crippen molar-refractivity contribution in [3.8, 4) is 0 Å². The minimum Gasteiger partial charge on any atom is -0.392 e. The Morgan fingerprint density at radius 1 is 1.17 bits per heavy atom. The molecule has 1 saturated heterocycles. The third kappa shape index (κ3) is 4.22. The predicted molar refractivity (Wildman–Crippen MR) is 75.7 cm³/mol. The first-order chi connectivity index (χ1) is 8.65. The summed E-state index contributed by atoms with van der Waals surface area (Å²) in [5.41, 5.74) is 0. The topological polar surface area (TPSA) is 26.7 Å². The van der Waals surface area contributed by atoms with Crippen molar-refractivity contribution in [1.82, 2.24) is 9.80 Å². The van der Waals surface area contributed by atoms with Crippen LogP contribution in [0.3, 0.4) is 0 Å². The fourth-order valence-electron chi connectivity index (χ4n) is 3.74. The van der Waals surface area contributed by atoms with Crippen molar-refractivity contribution in [3.05, 3.63) is 0 Å². The van der Waals surface area contributed by atoms with Gasteiger partial charge in [0.05, 0.1) is 6.10 Å². The molecule has 0 aromatic carbocycles. The minimum absolute atomic E-state index is 0.101. The molecule has 1 aliphatic heterocycles. The van der Waals surface area contributed by atoms with Crippen LogP contribution in [0.5, 0.6) is 0 Å². The van der Waals surface area contributed by atoms with Crippen LogP contribution in [0.1, 0.15) is 44.9 Å². The summed E-state index contributed by atoms with van der Waals surface area (Å²) in [6, 6.07) is 0.665. The fourth-order valence-corrected chi connectivity index (χ4v) is 3.74. The van der Waals surface area contributed by atoms with Crippen LogP contribution in [-0.2, 0) is 0 Å². The first-order valence-corrected chi connectivity index (χ1v) is 7.72. The van der Waals surface area contributed by atoms with E-state index in [0.717, 1.165) is 25.4 Å². The van der Waals surface area contributed by atoms with E-state index < -0.39 is 0 Å². The molecular formula is C15H30N2O. The highest BCUT2D eigenvalue weighted by atomic mass is 16.3. The molecule has 1 aliphatic carbocycles. The molecule has 1 N–H and O–H groups in total. The van der Waals surface area contributed by atoms with Crippen molar-refractivity contribution in [2.24, 2.45) is 5.92 Å². The standard InChI is InChI=1S/C15H30N2O/c1-16(2)11-14-8-5-9-17(14)12-15(18)10-13-6-3-4-7-13/h13-15,18H,3-12H2,1-2H3. The van der Waals surface area contributed by atoms with Gasteiger partial charge in [0.2, 0.25) is 0 Å². The average molecular weight is 254 g/mol. The molecule has 3 nitrogen and oxygen atoms in total. The van der Waals surface area contributed by atoms with Crippen molar-refractivity contribution >= 4 is 0 Å². The summed E-state index contributed by atoms with van der Waals surface area (Å²) in [7, 11) is 4.29. The summed E-state index contributed by atoms with van der Waals surface area (Å²) >= 11 is 0. The molecule has 18 heavy (non-hydrogen) atoms. The lowest BCUT2D eigenvalue weighted by molar-refractivity contribution is 0.0798. The molecule has 2 unspecified atom stereocenters. The van der Waals surface area contributed by atoms with Gasteiger partial charge in [-0.1, -0.05) is 25.7 Å². The van der Waals surface area contributed by atoms with Gasteiger partial charge in [0.15, 0.2) is 0 Å². The number of likely N-dealkylation sites (tertiary alicyclic amines) is 1. The van der Waals surface area contributed by atoms with Crippen molar-refractivity contribution in [3.63, 3.8) is 0 Å². The largest absolute Gasteiger partial charge is 0.392 e. The molecule has 2 rings (SSSR count). The van der Waals surface area contributed by atoms with Crippen LogP contribution in [0.2, 0.25) is 0 Å². The van der Waals surface area contributed by atoms with Gasteiger partial charge < -0.3 is 10.0 Å². The van der Waals surface area contributed by atoms with E-state index in [9.17, 15) is 5.11 Å². The van der Waals surface area contributed by atoms with E-state index in [1.807, 2.05) is 0 Å². The van der Waals surface area contributed by atoms with Gasteiger partial charge in [-0.2, -0.15) is 0 Å². The third-order valence-electron chi connectivity index (χ3n) is 4.60. The van der Waals surface area contributed by atoms with E-state index in [1.54, 1.807) is 0 Å². The van der Waals surface area contributed by atoms with Crippen LogP contribution < -0.4 is 0 Å². The molecule has 0 aromatic rings. The van der Waals surface area contributed by atoms with Crippen molar-refractivity contribution in [2.75, 3.05) is 33.7 Å². The Hall–Kier alpha value is -0.120. The summed E-state index contributed by atoms with van der Waals surface area (Å²) < 4.78 is 0. The second kappa shape index (κ2) is 6.88. The lowest BCUT2D eigenvalue weighted by Gasteiger charge is -2.29. The lowest BCUT2D eigenvalue weighted by atomic mass is 9.99. The van der Waals surface area contributed by atoms with E-state index in [2.05, 4.69) is 23.9 Å². The van der Waals surface area contributed by atoms with Crippen LogP contribution in [-0.4, -0.2) is 60.8 Å². The van der Waals surface area contributed by atoms with E-state index in [1.165, 1.54) is 45.1 Å². The Balaban J connectivity index is 1.73. The second-order valence-electron chi connectivity index (χ2n) is 6.59. The first kappa shape index (κ1) is 14.3. The molecular weight excluding hydrogens is 224 g/mol. The smallest absolute Gasteiger partial charge is 0.0669 e. The van der Waals surface area contributed by atoms with Crippen LogP contribution >= 0.6 is 0 Å². The van der Waals surface area contributed by atoms with Crippen molar-refractivity contribution < 1.29 is 5.11 Å². The number of aliphatic hydroxyl groups excluding tert-OH is 1. The summed E-state index contributed by atoms with van der Waals surface area (Å²) in [5.74, 6) is 0.801. The summed E-state index contributed by atoms with van der Waals surface area (Å²) in [4.78, 5) is 4.78. The van der Waals surface area contributed by atoms with Gasteiger partial charge in [0.1, 0.15) is 0 Å². The van der Waals surface area contributed by atoms with E-state index in [-0.39, 0.29) is 6.10 Å². The second-order valence-corrected chi connectivity index (χ2v) is 6.59. The molecule has 106 valence electrons. The fraction of sp³-hybridized carbons (Fsp3) is 1.00. The molecule has 2 fully saturated rings. The molecule has 0 bridgehead atoms. The predicted octanol–water partition coefficient (Wildman–Crippen LogP) is 1.95. The number of likely N-dealkylation sites (N-methyl/N-ethyl adjacent to an activating group) is 1. The van der Waals surface area contributed by atoms with Crippen LogP contribution in [0.25, 0.3) is 0 Å². The van der Waals surface area contributed by atoms with E-state index in [0.29, 0.717) is 6.04 Å². The normalized spacial score (nSPS) is 28.3. The van der Waals surface area contributed by atoms with Gasteiger partial charge in [-0.25, -0.2) is 0 Å². The maximum absolute atomic E-state index is 10.3. The Morgan fingerprint density at radius 3 is 2.56 bits per heavy atom. The molecule has 2 aliphatic rings. The Kier molecular flexibility index (Phi) is 5.46. The number of rotatable bonds is 6. The number of β-amino-alcohol motifs (C(OH)–C–C–N with tert-alkyl or cyclic N) is 1. The summed E-state index contributed by atoms with van der Waals surface area (Å²) in [6.07, 6.45) is 8.98. The van der Waals surface area contributed by atoms with Gasteiger partial charge in [0.25, 0.3) is 0 Å². The molecule has 2 atom stereocenters. The molecule has 0 amide bonds. The van der Waals surface area contributed by atoms with Crippen LogP contribution in [0, 0.1) is 5.92 Å². The zero-order valence-corrected chi connectivity index (χ0v) is 12.1. The van der Waals surface area contributed by atoms with Crippen molar-refractivity contribution in [1.29, 1.82) is 0 Å². The number of hydrogen-bond acceptors (Lipinski definition) is 3. The quantitative estimate of drug-likeness (QED) is 0.785. The SMILES string of the molecule is CN(C)CC1CCCN1CC(O)CC1CCCC1. The van der Waals surface area contributed by atoms with Gasteiger partial charge in [-0.3, -0.25) is 4.90 Å². The Labute approximate surface area is 112 Å². The van der Waals surface area contributed by atoms with Gasteiger partial charge in [-0.15, -0.1) is 0 Å². The highest BCUT2D eigenvalue weighted by Gasteiger charge is 2.27. The molecule has 0 radical (unpaired) electrons. The van der Waals surface area contributed by atoms with Gasteiger partial charge >= 0.3 is 0 Å². The number of hydrogen-bond donors (Lipinski definition) is 1.